The molecule has 0 spiro atoms. The molecule has 0 atom stereocenters. The van der Waals surface area contributed by atoms with E-state index in [1.54, 1.807) is 0 Å². The monoisotopic (exact) mass is 1090 g/mol. The number of fused-ring (bicyclic) bond motifs is 4. The van der Waals surface area contributed by atoms with E-state index in [0.717, 1.165) is 156 Å². The van der Waals surface area contributed by atoms with Crippen molar-refractivity contribution >= 4 is 43.6 Å². The van der Waals surface area contributed by atoms with Crippen molar-refractivity contribution in [2.24, 2.45) is 0 Å². The summed E-state index contributed by atoms with van der Waals surface area (Å²) in [6.45, 7) is 0. The van der Waals surface area contributed by atoms with Gasteiger partial charge in [0, 0.05) is 22.5 Å². The van der Waals surface area contributed by atoms with E-state index in [1.807, 2.05) is 0 Å². The average Bonchev–Trinajstić information content (AvgIpc) is 1.84. The summed E-state index contributed by atoms with van der Waals surface area (Å²) in [5.74, 6) is 1.80. The van der Waals surface area contributed by atoms with Gasteiger partial charge in [-0.1, -0.05) is 237 Å². The summed E-state index contributed by atoms with van der Waals surface area (Å²) in [6, 6.07) is 119. The highest BCUT2D eigenvalue weighted by molar-refractivity contribution is 6.23. The fraction of sp³-hybridized carbons (Fsp3) is 0. The number of benzene rings is 14. The van der Waals surface area contributed by atoms with Gasteiger partial charge in [-0.15, -0.1) is 0 Å². The summed E-state index contributed by atoms with van der Waals surface area (Å²) in [4.78, 5) is 10.5. The molecule has 16 aromatic rings. The summed E-state index contributed by atoms with van der Waals surface area (Å²) >= 11 is 0. The van der Waals surface area contributed by atoms with Crippen LogP contribution in [0.3, 0.4) is 0 Å². The van der Waals surface area contributed by atoms with Crippen LogP contribution in [0.25, 0.3) is 156 Å². The van der Waals surface area contributed by atoms with Gasteiger partial charge in [0.2, 0.25) is 0 Å². The van der Waals surface area contributed by atoms with Gasteiger partial charge in [-0.3, -0.25) is 9.13 Å². The maximum atomic E-state index is 5.35. The molecule has 0 fully saturated rings. The normalized spacial score (nSPS) is 11.5. The van der Waals surface area contributed by atoms with Crippen LogP contribution in [0.4, 0.5) is 0 Å². The minimum Gasteiger partial charge on any atom is -0.292 e. The Morgan fingerprint density at radius 2 is 0.488 bits per heavy atom. The Balaban J connectivity index is 1.01. The maximum absolute atomic E-state index is 5.35. The van der Waals surface area contributed by atoms with E-state index in [9.17, 15) is 0 Å². The van der Waals surface area contributed by atoms with Crippen LogP contribution in [0.5, 0.6) is 0 Å². The van der Waals surface area contributed by atoms with Crippen molar-refractivity contribution in [2.75, 3.05) is 0 Å². The van der Waals surface area contributed by atoms with Crippen LogP contribution >= 0.6 is 0 Å². The molecule has 14 aromatic carbocycles. The van der Waals surface area contributed by atoms with E-state index < -0.39 is 0 Å². The fourth-order valence-corrected chi connectivity index (χ4v) is 12.8. The Kier molecular flexibility index (Phi) is 12.5. The summed E-state index contributed by atoms with van der Waals surface area (Å²) in [6.07, 6.45) is 0. The van der Waals surface area contributed by atoms with Crippen LogP contribution in [-0.4, -0.2) is 19.1 Å². The first-order chi connectivity index (χ1) is 42.6. The molecule has 0 amide bonds. The first kappa shape index (κ1) is 50.3. The lowest BCUT2D eigenvalue weighted by Crippen LogP contribution is -1.99. The van der Waals surface area contributed by atoms with E-state index >= 15 is 0 Å². The van der Waals surface area contributed by atoms with Gasteiger partial charge in [-0.25, -0.2) is 9.97 Å². The summed E-state index contributed by atoms with van der Waals surface area (Å²) < 4.78 is 4.63. The predicted molar refractivity (Wildman–Crippen MR) is 360 cm³/mol. The van der Waals surface area contributed by atoms with Crippen LogP contribution in [0.15, 0.2) is 328 Å². The summed E-state index contributed by atoms with van der Waals surface area (Å²) in [7, 11) is 0. The van der Waals surface area contributed by atoms with Crippen molar-refractivity contribution in [3.05, 3.63) is 328 Å². The molecule has 0 bridgehead atoms. The molecule has 4 nitrogen and oxygen atoms in total. The Hall–Kier alpha value is -11.5. The molecule has 0 aliphatic carbocycles. The summed E-state index contributed by atoms with van der Waals surface area (Å²) in [5, 5.41) is 4.58. The zero-order valence-electron chi connectivity index (χ0n) is 47.0. The van der Waals surface area contributed by atoms with Gasteiger partial charge in [0.05, 0.1) is 22.1 Å². The molecule has 2 heterocycles. The quantitative estimate of drug-likeness (QED) is 0.121. The van der Waals surface area contributed by atoms with Crippen molar-refractivity contribution in [1.29, 1.82) is 0 Å². The number of imidazole rings is 2. The molecule has 0 N–H and O–H groups in total. The van der Waals surface area contributed by atoms with Crippen molar-refractivity contribution in [3.63, 3.8) is 0 Å². The Bertz CT molecular complexity index is 5050. The van der Waals surface area contributed by atoms with Gasteiger partial charge < -0.3 is 0 Å². The predicted octanol–water partition coefficient (Wildman–Crippen LogP) is 21.7. The molecule has 0 unspecified atom stereocenters. The zero-order chi connectivity index (χ0) is 56.9. The highest BCUT2D eigenvalue weighted by Gasteiger charge is 2.24. The minimum atomic E-state index is 0.891. The van der Waals surface area contributed by atoms with Gasteiger partial charge >= 0.3 is 0 Å². The first-order valence-electron chi connectivity index (χ1n) is 29.4. The maximum Gasteiger partial charge on any atom is 0.145 e. The van der Waals surface area contributed by atoms with Crippen molar-refractivity contribution < 1.29 is 0 Å². The lowest BCUT2D eigenvalue weighted by atomic mass is 9.82. The largest absolute Gasteiger partial charge is 0.292 e. The Labute approximate surface area is 499 Å². The Morgan fingerprint density at radius 1 is 0.186 bits per heavy atom. The van der Waals surface area contributed by atoms with Crippen LogP contribution in [-0.2, 0) is 0 Å². The molecule has 0 aliphatic heterocycles. The van der Waals surface area contributed by atoms with E-state index in [1.165, 1.54) is 0 Å². The van der Waals surface area contributed by atoms with E-state index in [4.69, 9.17) is 9.97 Å². The molecule has 0 aliphatic rings. The third-order valence-corrected chi connectivity index (χ3v) is 16.9. The SMILES string of the molecule is c1ccc(-c2cc(-c3ccccc3)cc(-c3c4ccc(-n5c(-c6ccccc6)nc6ccccc65)cc4c(-c4cc(-c5ccccc5)cc(-c5ccccc5)c4)c4ccc(-c5ccc(-n6c(-c7ccccc7)nc7ccccc76)cc5)cc34)c2)cc1. The summed E-state index contributed by atoms with van der Waals surface area (Å²) in [5.41, 5.74) is 24.3. The minimum absolute atomic E-state index is 0.891. The average molecular weight is 1100 g/mol. The second-order valence-corrected chi connectivity index (χ2v) is 22.1. The molecule has 0 saturated carbocycles. The molecule has 4 heteroatoms. The van der Waals surface area contributed by atoms with Gasteiger partial charge in [-0.05, 0) is 190 Å². The molecule has 402 valence electrons. The number of aromatic nitrogens is 4. The third kappa shape index (κ3) is 9.05. The highest BCUT2D eigenvalue weighted by Crippen LogP contribution is 2.49. The standard InChI is InChI=1S/C82H54N4/c1-7-23-55(24-8-1)63-47-64(56-25-9-2-10-26-56)50-67(49-63)79-72-46-44-70(86-78-38-22-20-36-76(78)84-82(86)61-33-17-6-18-34-61)54-74(72)80(68-51-65(57-27-11-3-12-28-57)48-66(52-68)58-29-13-4-14-30-58)71-45-41-62(53-73(71)79)59-39-42-69(43-40-59)85-77-37-21-19-35-75(77)83-81(85)60-31-15-5-16-32-60/h1-54H. The van der Waals surface area contributed by atoms with Crippen LogP contribution in [0, 0.1) is 0 Å². The van der Waals surface area contributed by atoms with Gasteiger partial charge in [0.15, 0.2) is 0 Å². The number of hydrogen-bond acceptors (Lipinski definition) is 2. The molecule has 86 heavy (non-hydrogen) atoms. The van der Waals surface area contributed by atoms with Crippen LogP contribution < -0.4 is 0 Å². The number of para-hydroxylation sites is 4. The number of nitrogens with zero attached hydrogens (tertiary/aromatic N) is 4. The second-order valence-electron chi connectivity index (χ2n) is 22.1. The van der Waals surface area contributed by atoms with Crippen molar-refractivity contribution in [3.8, 4) is 112 Å². The van der Waals surface area contributed by atoms with E-state index in [-0.39, 0.29) is 0 Å². The van der Waals surface area contributed by atoms with E-state index in [0.29, 0.717) is 0 Å². The van der Waals surface area contributed by atoms with Gasteiger partial charge in [-0.2, -0.15) is 0 Å². The molecule has 16 rings (SSSR count). The highest BCUT2D eigenvalue weighted by atomic mass is 15.1. The molecular weight excluding hydrogens is 1040 g/mol. The second kappa shape index (κ2) is 21.4. The molecule has 0 saturated heterocycles. The van der Waals surface area contributed by atoms with Crippen molar-refractivity contribution in [2.45, 2.75) is 0 Å². The number of hydrogen-bond donors (Lipinski definition) is 0. The lowest BCUT2D eigenvalue weighted by molar-refractivity contribution is 1.10. The number of rotatable bonds is 11. The Morgan fingerprint density at radius 3 is 0.907 bits per heavy atom. The van der Waals surface area contributed by atoms with Gasteiger partial charge in [0.25, 0.3) is 0 Å². The topological polar surface area (TPSA) is 35.6 Å². The van der Waals surface area contributed by atoms with Crippen molar-refractivity contribution in [1.82, 2.24) is 19.1 Å². The zero-order valence-corrected chi connectivity index (χ0v) is 47.0. The molecule has 0 radical (unpaired) electrons. The van der Waals surface area contributed by atoms with Gasteiger partial charge in [0.1, 0.15) is 11.6 Å². The molecule has 2 aromatic heterocycles. The van der Waals surface area contributed by atoms with Crippen LogP contribution in [0.2, 0.25) is 0 Å². The lowest BCUT2D eigenvalue weighted by Gasteiger charge is -2.22. The fourth-order valence-electron chi connectivity index (χ4n) is 12.8. The van der Waals surface area contributed by atoms with Crippen LogP contribution in [0.1, 0.15) is 0 Å². The smallest absolute Gasteiger partial charge is 0.145 e. The molecular formula is C82H54N4. The first-order valence-corrected chi connectivity index (χ1v) is 29.4. The third-order valence-electron chi connectivity index (χ3n) is 16.9. The van der Waals surface area contributed by atoms with E-state index in [2.05, 4.69) is 337 Å².